The summed E-state index contributed by atoms with van der Waals surface area (Å²) >= 11 is 0. The zero-order chi connectivity index (χ0) is 25.3. The van der Waals surface area contributed by atoms with Crippen LogP contribution in [0.5, 0.6) is 5.88 Å². The summed E-state index contributed by atoms with van der Waals surface area (Å²) in [5.74, 6) is 0.157. The van der Waals surface area contributed by atoms with Crippen molar-refractivity contribution in [1.82, 2.24) is 10.3 Å². The number of carbonyl (C=O) groups is 1. The first-order chi connectivity index (χ1) is 16.9. The molecule has 1 fully saturated rings. The van der Waals surface area contributed by atoms with E-state index in [2.05, 4.69) is 10.3 Å². The molecule has 6 nitrogen and oxygen atoms in total. The Morgan fingerprint density at radius 1 is 1.14 bits per heavy atom. The minimum absolute atomic E-state index is 0.157. The number of nitrogens with zero attached hydrogens (tertiary/aromatic N) is 2. The molecule has 4 rings (SSSR count). The molecular formula is C26H28F3N3O3. The van der Waals surface area contributed by atoms with Gasteiger partial charge in [0.2, 0.25) is 5.88 Å². The molecule has 2 N–H and O–H groups in total. The maximum absolute atomic E-state index is 12.7. The van der Waals surface area contributed by atoms with Gasteiger partial charge in [-0.3, -0.25) is 4.79 Å². The molecule has 35 heavy (non-hydrogen) atoms. The minimum Gasteiger partial charge on any atom is -0.472 e. The number of aliphatic hydroxyl groups is 1. The number of hydrogen-bond acceptors (Lipinski definition) is 6. The molecule has 1 atom stereocenters. The number of benzene rings is 2. The first-order valence-electron chi connectivity index (χ1n) is 11.2. The topological polar surface area (TPSA) is 74.7 Å². The zero-order valence-corrected chi connectivity index (χ0v) is 19.3. The summed E-state index contributed by atoms with van der Waals surface area (Å²) in [6.45, 7) is 2.13. The van der Waals surface area contributed by atoms with Crippen molar-refractivity contribution in [2.24, 2.45) is 0 Å². The number of alkyl halides is 3. The van der Waals surface area contributed by atoms with Crippen molar-refractivity contribution in [2.75, 3.05) is 38.2 Å². The van der Waals surface area contributed by atoms with Gasteiger partial charge in [0.25, 0.3) is 0 Å². The lowest BCUT2D eigenvalue weighted by Crippen LogP contribution is -2.25. The summed E-state index contributed by atoms with van der Waals surface area (Å²) in [6.07, 6.45) is -2.35. The molecule has 9 heteroatoms. The second-order valence-electron chi connectivity index (χ2n) is 7.94. The largest absolute Gasteiger partial charge is 0.472 e. The first kappa shape index (κ1) is 26.2. The molecule has 0 amide bonds. The Bertz CT molecular complexity index is 1070. The standard InChI is InChI=1S/C23H19F3N2O2.C3H9NO/c24-23(25,26)19-7-9-22(27-13-19)30-20-10-11-28(14-20)21-8-6-17(12-18(21)15-29)16-4-2-1-3-5-16;1-4-2-3-5/h1-9,12-13,15,20H,10-11,14H2;4-5H,2-3H2,1H3/t20-;/m0./s1. The van der Waals surface area contributed by atoms with Crippen LogP contribution in [0.1, 0.15) is 22.3 Å². The van der Waals surface area contributed by atoms with Gasteiger partial charge in [0.05, 0.1) is 18.7 Å². The summed E-state index contributed by atoms with van der Waals surface area (Å²) < 4.78 is 43.7. The molecule has 0 radical (unpaired) electrons. The van der Waals surface area contributed by atoms with Crippen LogP contribution in [0.3, 0.4) is 0 Å². The number of aldehydes is 1. The van der Waals surface area contributed by atoms with Gasteiger partial charge >= 0.3 is 6.18 Å². The number of aliphatic hydroxyl groups excluding tert-OH is 1. The second kappa shape index (κ2) is 12.3. The first-order valence-corrected chi connectivity index (χ1v) is 11.2. The molecule has 0 bridgehead atoms. The van der Waals surface area contributed by atoms with E-state index in [1.807, 2.05) is 53.4 Å². The monoisotopic (exact) mass is 487 g/mol. The number of nitrogens with one attached hydrogen (secondary N) is 1. The fraction of sp³-hybridized carbons (Fsp3) is 0.308. The van der Waals surface area contributed by atoms with Crippen LogP contribution in [0, 0.1) is 0 Å². The molecule has 0 spiro atoms. The Kier molecular flexibility index (Phi) is 9.22. The Morgan fingerprint density at radius 2 is 1.91 bits per heavy atom. The number of hydrogen-bond donors (Lipinski definition) is 2. The summed E-state index contributed by atoms with van der Waals surface area (Å²) in [5.41, 5.74) is 2.59. The average Bonchev–Trinajstić information content (AvgIpc) is 3.33. The molecule has 0 aliphatic carbocycles. The van der Waals surface area contributed by atoms with Gasteiger partial charge in [-0.15, -0.1) is 0 Å². The molecule has 2 heterocycles. The van der Waals surface area contributed by atoms with Gasteiger partial charge in [-0.25, -0.2) is 4.98 Å². The molecule has 0 saturated carbocycles. The third-order valence-electron chi connectivity index (χ3n) is 5.46. The van der Waals surface area contributed by atoms with Crippen LogP contribution in [-0.2, 0) is 6.18 Å². The number of aromatic nitrogens is 1. The molecule has 0 unspecified atom stereocenters. The van der Waals surface area contributed by atoms with Crippen LogP contribution in [0.4, 0.5) is 18.9 Å². The predicted molar refractivity (Wildman–Crippen MR) is 129 cm³/mol. The van der Waals surface area contributed by atoms with Gasteiger partial charge in [-0.2, -0.15) is 13.2 Å². The third kappa shape index (κ3) is 7.27. The summed E-state index contributed by atoms with van der Waals surface area (Å²) in [6, 6.07) is 17.8. The molecule has 186 valence electrons. The Balaban J connectivity index is 0.000000623. The Hall–Kier alpha value is -3.43. The molecular weight excluding hydrogens is 459 g/mol. The SMILES string of the molecule is CNCCO.O=Cc1cc(-c2ccccc2)ccc1N1CC[C@H](Oc2ccc(C(F)(F)F)cn2)C1. The van der Waals surface area contributed by atoms with E-state index in [0.29, 0.717) is 31.6 Å². The van der Waals surface area contributed by atoms with Crippen molar-refractivity contribution in [3.8, 4) is 17.0 Å². The van der Waals surface area contributed by atoms with E-state index in [9.17, 15) is 18.0 Å². The van der Waals surface area contributed by atoms with Crippen LogP contribution in [-0.4, -0.2) is 55.8 Å². The van der Waals surface area contributed by atoms with Crippen LogP contribution in [0.2, 0.25) is 0 Å². The van der Waals surface area contributed by atoms with Crippen LogP contribution >= 0.6 is 0 Å². The van der Waals surface area contributed by atoms with Crippen molar-refractivity contribution in [2.45, 2.75) is 18.7 Å². The van der Waals surface area contributed by atoms with E-state index in [0.717, 1.165) is 35.4 Å². The van der Waals surface area contributed by atoms with Gasteiger partial charge in [0, 0.05) is 43.0 Å². The summed E-state index contributed by atoms with van der Waals surface area (Å²) in [7, 11) is 1.80. The Labute approximate surface area is 202 Å². The van der Waals surface area contributed by atoms with E-state index in [1.54, 1.807) is 7.05 Å². The second-order valence-corrected chi connectivity index (χ2v) is 7.94. The van der Waals surface area contributed by atoms with E-state index in [-0.39, 0.29) is 18.6 Å². The average molecular weight is 488 g/mol. The van der Waals surface area contributed by atoms with Gasteiger partial charge in [-0.1, -0.05) is 36.4 Å². The van der Waals surface area contributed by atoms with Gasteiger partial charge < -0.3 is 20.1 Å². The molecule has 1 aromatic heterocycles. The molecule has 1 aliphatic heterocycles. The summed E-state index contributed by atoms with van der Waals surface area (Å²) in [4.78, 5) is 17.5. The lowest BCUT2D eigenvalue weighted by Gasteiger charge is -2.21. The zero-order valence-electron chi connectivity index (χ0n) is 19.3. The van der Waals surface area contributed by atoms with E-state index >= 15 is 0 Å². The highest BCUT2D eigenvalue weighted by molar-refractivity contribution is 5.87. The van der Waals surface area contributed by atoms with Crippen molar-refractivity contribution >= 4 is 12.0 Å². The molecule has 1 saturated heterocycles. The number of likely N-dealkylation sites (N-methyl/N-ethyl adjacent to an activating group) is 1. The predicted octanol–water partition coefficient (Wildman–Crippen LogP) is 4.44. The lowest BCUT2D eigenvalue weighted by molar-refractivity contribution is -0.137. The minimum atomic E-state index is -4.42. The maximum atomic E-state index is 12.7. The quantitative estimate of drug-likeness (QED) is 0.480. The maximum Gasteiger partial charge on any atom is 0.417 e. The Morgan fingerprint density at radius 3 is 2.49 bits per heavy atom. The smallest absolute Gasteiger partial charge is 0.417 e. The normalized spacial score (nSPS) is 15.3. The highest BCUT2D eigenvalue weighted by Gasteiger charge is 2.31. The number of ether oxygens (including phenoxy) is 1. The van der Waals surface area contributed by atoms with Crippen molar-refractivity contribution in [1.29, 1.82) is 0 Å². The highest BCUT2D eigenvalue weighted by atomic mass is 19.4. The van der Waals surface area contributed by atoms with E-state index < -0.39 is 11.7 Å². The van der Waals surface area contributed by atoms with E-state index in [1.165, 1.54) is 6.07 Å². The van der Waals surface area contributed by atoms with Gasteiger partial charge in [-0.05, 0) is 36.4 Å². The fourth-order valence-electron chi connectivity index (χ4n) is 3.69. The van der Waals surface area contributed by atoms with Crippen LogP contribution in [0.25, 0.3) is 11.1 Å². The molecule has 3 aromatic rings. The van der Waals surface area contributed by atoms with Crippen molar-refractivity contribution < 1.29 is 27.8 Å². The lowest BCUT2D eigenvalue weighted by atomic mass is 10.0. The van der Waals surface area contributed by atoms with Gasteiger partial charge in [0.1, 0.15) is 6.10 Å². The third-order valence-corrected chi connectivity index (χ3v) is 5.46. The highest BCUT2D eigenvalue weighted by Crippen LogP contribution is 2.31. The van der Waals surface area contributed by atoms with E-state index in [4.69, 9.17) is 9.84 Å². The van der Waals surface area contributed by atoms with Crippen LogP contribution < -0.4 is 15.0 Å². The number of rotatable bonds is 7. The van der Waals surface area contributed by atoms with Crippen molar-refractivity contribution in [3.05, 3.63) is 78.0 Å². The molecule has 2 aromatic carbocycles. The van der Waals surface area contributed by atoms with Crippen molar-refractivity contribution in [3.63, 3.8) is 0 Å². The number of pyridine rings is 1. The van der Waals surface area contributed by atoms with Crippen LogP contribution in [0.15, 0.2) is 66.9 Å². The fourth-order valence-corrected chi connectivity index (χ4v) is 3.69. The molecule has 1 aliphatic rings. The number of halogens is 3. The number of anilines is 1. The van der Waals surface area contributed by atoms with Gasteiger partial charge in [0.15, 0.2) is 6.29 Å². The number of carbonyl (C=O) groups excluding carboxylic acids is 1. The summed E-state index contributed by atoms with van der Waals surface area (Å²) in [5, 5.41) is 10.8.